The standard InChI is InChI=1S/C31H29N3O2/c1-2-22-11-10-15-25-23(20-33(30(22)25)21-29(35)32-17-8-9-18-32)19-27-26-14-6-7-16-28(26)34(31(27)36)24-12-4-3-5-13-24/h3-7,10-16,19-20H,2,8-9,17-18,21H2,1H3. The lowest BCUT2D eigenvalue weighted by molar-refractivity contribution is -0.130. The fourth-order valence-electron chi connectivity index (χ4n) is 5.57. The van der Waals surface area contributed by atoms with E-state index in [0.717, 1.165) is 65.8 Å². The zero-order valence-electron chi connectivity index (χ0n) is 20.5. The molecule has 2 aliphatic heterocycles. The average Bonchev–Trinajstić information content (AvgIpc) is 3.63. The first-order chi connectivity index (χ1) is 17.7. The molecule has 3 heterocycles. The molecule has 0 saturated carbocycles. The topological polar surface area (TPSA) is 45.6 Å². The fourth-order valence-corrected chi connectivity index (χ4v) is 5.57. The maximum atomic E-state index is 13.8. The first kappa shape index (κ1) is 22.4. The molecule has 36 heavy (non-hydrogen) atoms. The highest BCUT2D eigenvalue weighted by Gasteiger charge is 2.33. The summed E-state index contributed by atoms with van der Waals surface area (Å²) in [4.78, 5) is 30.6. The fraction of sp³-hybridized carbons (Fsp3) is 0.226. The Kier molecular flexibility index (Phi) is 5.68. The lowest BCUT2D eigenvalue weighted by Gasteiger charge is -2.16. The van der Waals surface area contributed by atoms with E-state index in [1.165, 1.54) is 5.56 Å². The van der Waals surface area contributed by atoms with Crippen molar-refractivity contribution < 1.29 is 9.59 Å². The molecule has 2 amide bonds. The second-order valence-electron chi connectivity index (χ2n) is 9.52. The number of hydrogen-bond acceptors (Lipinski definition) is 2. The number of para-hydroxylation sites is 3. The minimum atomic E-state index is -0.0388. The lowest BCUT2D eigenvalue weighted by atomic mass is 10.0. The maximum Gasteiger partial charge on any atom is 0.263 e. The molecule has 0 aliphatic carbocycles. The summed E-state index contributed by atoms with van der Waals surface area (Å²) in [7, 11) is 0. The second kappa shape index (κ2) is 9.15. The zero-order valence-corrected chi connectivity index (χ0v) is 20.5. The Morgan fingerprint density at radius 2 is 1.67 bits per heavy atom. The summed E-state index contributed by atoms with van der Waals surface area (Å²) in [6.45, 7) is 4.14. The number of nitrogens with zero attached hydrogens (tertiary/aromatic N) is 3. The molecule has 1 fully saturated rings. The molecule has 0 atom stereocenters. The van der Waals surface area contributed by atoms with Gasteiger partial charge in [0.1, 0.15) is 6.54 Å². The van der Waals surface area contributed by atoms with Gasteiger partial charge in [-0.15, -0.1) is 0 Å². The maximum absolute atomic E-state index is 13.8. The summed E-state index contributed by atoms with van der Waals surface area (Å²) < 4.78 is 2.08. The third-order valence-corrected chi connectivity index (χ3v) is 7.34. The molecule has 4 aromatic rings. The van der Waals surface area contributed by atoms with Gasteiger partial charge in [-0.3, -0.25) is 14.5 Å². The first-order valence-corrected chi connectivity index (χ1v) is 12.7. The Morgan fingerprint density at radius 3 is 2.44 bits per heavy atom. The van der Waals surface area contributed by atoms with Gasteiger partial charge in [0, 0.05) is 41.5 Å². The number of carbonyl (C=O) groups is 2. The van der Waals surface area contributed by atoms with Crippen LogP contribution in [0.15, 0.2) is 79.0 Å². The van der Waals surface area contributed by atoms with Gasteiger partial charge in [-0.2, -0.15) is 0 Å². The predicted octanol–water partition coefficient (Wildman–Crippen LogP) is 6.05. The molecule has 0 spiro atoms. The van der Waals surface area contributed by atoms with Crippen LogP contribution in [-0.4, -0.2) is 34.4 Å². The summed E-state index contributed by atoms with van der Waals surface area (Å²) in [5.41, 5.74) is 6.58. The predicted molar refractivity (Wildman–Crippen MR) is 145 cm³/mol. The number of aromatic nitrogens is 1. The molecule has 5 heteroatoms. The summed E-state index contributed by atoms with van der Waals surface area (Å²) in [6.07, 6.45) is 7.08. The van der Waals surface area contributed by atoms with E-state index in [1.807, 2.05) is 71.8 Å². The van der Waals surface area contributed by atoms with E-state index in [2.05, 4.69) is 29.7 Å². The van der Waals surface area contributed by atoms with Crippen molar-refractivity contribution in [2.45, 2.75) is 32.7 Å². The van der Waals surface area contributed by atoms with Crippen LogP contribution in [0.2, 0.25) is 0 Å². The molecule has 1 saturated heterocycles. The van der Waals surface area contributed by atoms with Crippen molar-refractivity contribution in [2.24, 2.45) is 0 Å². The van der Waals surface area contributed by atoms with E-state index in [-0.39, 0.29) is 11.8 Å². The van der Waals surface area contributed by atoms with Crippen molar-refractivity contribution in [3.05, 3.63) is 95.7 Å². The third-order valence-electron chi connectivity index (χ3n) is 7.34. The first-order valence-electron chi connectivity index (χ1n) is 12.7. The van der Waals surface area contributed by atoms with Gasteiger partial charge in [-0.1, -0.05) is 61.5 Å². The Hall–Kier alpha value is -4.12. The van der Waals surface area contributed by atoms with Crippen LogP contribution in [0.25, 0.3) is 22.6 Å². The summed E-state index contributed by atoms with van der Waals surface area (Å²) in [5, 5.41) is 1.07. The smallest absolute Gasteiger partial charge is 0.263 e. The summed E-state index contributed by atoms with van der Waals surface area (Å²) >= 11 is 0. The van der Waals surface area contributed by atoms with Crippen molar-refractivity contribution in [3.63, 3.8) is 0 Å². The minimum Gasteiger partial charge on any atom is -0.341 e. The van der Waals surface area contributed by atoms with Crippen molar-refractivity contribution in [1.82, 2.24) is 9.47 Å². The molecule has 0 unspecified atom stereocenters. The Bertz CT molecular complexity index is 1490. The minimum absolute atomic E-state index is 0.0388. The van der Waals surface area contributed by atoms with Gasteiger partial charge < -0.3 is 9.47 Å². The van der Waals surface area contributed by atoms with Crippen LogP contribution in [0.4, 0.5) is 11.4 Å². The summed E-state index contributed by atoms with van der Waals surface area (Å²) in [5.74, 6) is 0.120. The molecular formula is C31H29N3O2. The Balaban J connectivity index is 1.47. The number of benzene rings is 3. The molecule has 0 radical (unpaired) electrons. The molecule has 180 valence electrons. The van der Waals surface area contributed by atoms with E-state index in [0.29, 0.717) is 12.1 Å². The van der Waals surface area contributed by atoms with Crippen molar-refractivity contribution in [2.75, 3.05) is 18.0 Å². The number of aryl methyl sites for hydroxylation is 1. The molecule has 3 aromatic carbocycles. The number of carbonyl (C=O) groups excluding carboxylic acids is 2. The SMILES string of the molecule is CCc1cccc2c(C=C3C(=O)N(c4ccccc4)c4ccccc43)cn(CC(=O)N3CCCC3)c12. The quantitative estimate of drug-likeness (QED) is 0.330. The average molecular weight is 476 g/mol. The van der Waals surface area contributed by atoms with Crippen molar-refractivity contribution in [3.8, 4) is 0 Å². The van der Waals surface area contributed by atoms with Crippen LogP contribution in [0.1, 0.15) is 36.5 Å². The van der Waals surface area contributed by atoms with Gasteiger partial charge in [-0.25, -0.2) is 0 Å². The largest absolute Gasteiger partial charge is 0.341 e. The van der Waals surface area contributed by atoms with Crippen LogP contribution in [-0.2, 0) is 22.6 Å². The van der Waals surface area contributed by atoms with Crippen LogP contribution in [0.3, 0.4) is 0 Å². The van der Waals surface area contributed by atoms with Crippen LogP contribution in [0.5, 0.6) is 0 Å². The molecule has 5 nitrogen and oxygen atoms in total. The van der Waals surface area contributed by atoms with Gasteiger partial charge >= 0.3 is 0 Å². The number of rotatable bonds is 5. The third kappa shape index (κ3) is 3.72. The van der Waals surface area contributed by atoms with Crippen molar-refractivity contribution in [1.29, 1.82) is 0 Å². The number of hydrogen-bond donors (Lipinski definition) is 0. The number of fused-ring (bicyclic) bond motifs is 2. The van der Waals surface area contributed by atoms with Gasteiger partial charge in [0.15, 0.2) is 0 Å². The molecule has 6 rings (SSSR count). The van der Waals surface area contributed by atoms with E-state index in [4.69, 9.17) is 0 Å². The highest BCUT2D eigenvalue weighted by molar-refractivity contribution is 6.38. The zero-order chi connectivity index (χ0) is 24.6. The van der Waals surface area contributed by atoms with Gasteiger partial charge in [0.25, 0.3) is 5.91 Å². The monoisotopic (exact) mass is 475 g/mol. The highest BCUT2D eigenvalue weighted by atomic mass is 16.2. The van der Waals surface area contributed by atoms with E-state index >= 15 is 0 Å². The molecule has 2 aliphatic rings. The molecular weight excluding hydrogens is 446 g/mol. The van der Waals surface area contributed by atoms with Gasteiger partial charge in [0.2, 0.25) is 5.91 Å². The number of amides is 2. The van der Waals surface area contributed by atoms with Gasteiger partial charge in [0.05, 0.1) is 16.8 Å². The lowest BCUT2D eigenvalue weighted by Crippen LogP contribution is -2.30. The summed E-state index contributed by atoms with van der Waals surface area (Å²) in [6, 6.07) is 24.0. The van der Waals surface area contributed by atoms with Crippen LogP contribution < -0.4 is 4.90 Å². The Morgan fingerprint density at radius 1 is 0.917 bits per heavy atom. The highest BCUT2D eigenvalue weighted by Crippen LogP contribution is 2.42. The molecule has 0 N–H and O–H groups in total. The normalized spacial score (nSPS) is 16.4. The Labute approximate surface area is 211 Å². The van der Waals surface area contributed by atoms with E-state index in [1.54, 1.807) is 4.90 Å². The second-order valence-corrected chi connectivity index (χ2v) is 9.52. The van der Waals surface area contributed by atoms with E-state index in [9.17, 15) is 9.59 Å². The molecule has 1 aromatic heterocycles. The van der Waals surface area contributed by atoms with Crippen LogP contribution in [0, 0.1) is 0 Å². The van der Waals surface area contributed by atoms with Crippen LogP contribution >= 0.6 is 0 Å². The van der Waals surface area contributed by atoms with Gasteiger partial charge in [-0.05, 0) is 49.1 Å². The van der Waals surface area contributed by atoms with E-state index < -0.39 is 0 Å². The number of anilines is 2. The number of likely N-dealkylation sites (tertiary alicyclic amines) is 1. The molecule has 0 bridgehead atoms. The van der Waals surface area contributed by atoms with Crippen molar-refractivity contribution >= 4 is 45.7 Å².